The van der Waals surface area contributed by atoms with E-state index in [1.54, 1.807) is 36.5 Å². The van der Waals surface area contributed by atoms with E-state index in [0.717, 1.165) is 11.4 Å². The van der Waals surface area contributed by atoms with Crippen molar-refractivity contribution in [3.8, 4) is 17.2 Å². The van der Waals surface area contributed by atoms with Gasteiger partial charge in [0.25, 0.3) is 5.91 Å². The van der Waals surface area contributed by atoms with Crippen LogP contribution >= 0.6 is 0 Å². The van der Waals surface area contributed by atoms with Crippen LogP contribution in [0, 0.1) is 0 Å². The Morgan fingerprint density at radius 1 is 1.00 bits per heavy atom. The number of ether oxygens (including phenoxy) is 3. The number of carbonyl (C=O) groups is 1. The Morgan fingerprint density at radius 3 is 2.48 bits per heavy atom. The second-order valence-corrected chi connectivity index (χ2v) is 6.77. The van der Waals surface area contributed by atoms with Crippen molar-refractivity contribution in [2.24, 2.45) is 0 Å². The van der Waals surface area contributed by atoms with Gasteiger partial charge in [-0.15, -0.1) is 0 Å². The number of aromatic nitrogens is 1. The Labute approximate surface area is 168 Å². The van der Waals surface area contributed by atoms with Crippen LogP contribution in [-0.2, 0) is 0 Å². The molecule has 1 aliphatic rings. The molecule has 2 N–H and O–H groups in total. The van der Waals surface area contributed by atoms with Crippen molar-refractivity contribution in [3.05, 3.63) is 66.4 Å². The van der Waals surface area contributed by atoms with Gasteiger partial charge in [-0.1, -0.05) is 0 Å². The Hall–Kier alpha value is -3.74. The first-order chi connectivity index (χ1) is 14.1. The second-order valence-electron chi connectivity index (χ2n) is 6.77. The first-order valence-electron chi connectivity index (χ1n) is 9.27. The zero-order chi connectivity index (χ0) is 20.2. The van der Waals surface area contributed by atoms with Crippen LogP contribution in [0.25, 0.3) is 0 Å². The van der Waals surface area contributed by atoms with E-state index >= 15 is 0 Å². The van der Waals surface area contributed by atoms with Crippen molar-refractivity contribution in [1.82, 2.24) is 4.98 Å². The molecule has 1 aromatic heterocycles. The first kappa shape index (κ1) is 18.6. The largest absolute Gasteiger partial charge is 0.491 e. The lowest BCUT2D eigenvalue weighted by Crippen LogP contribution is -2.12. The molecule has 1 aliphatic heterocycles. The third-order valence-corrected chi connectivity index (χ3v) is 4.15. The van der Waals surface area contributed by atoms with Crippen LogP contribution in [0.1, 0.15) is 24.2 Å². The first-order valence-corrected chi connectivity index (χ1v) is 9.27. The van der Waals surface area contributed by atoms with Crippen molar-refractivity contribution in [1.29, 1.82) is 0 Å². The standard InChI is InChI=1S/C22H21N3O4/c1-14(2)29-18-7-4-16(5-8-18)24-21-10-6-17(12-23-21)25-22(26)15-3-9-19-20(11-15)28-13-27-19/h3-12,14H,13H2,1-2H3,(H,23,24)(H,25,26). The molecule has 0 fully saturated rings. The van der Waals surface area contributed by atoms with Gasteiger partial charge in [-0.25, -0.2) is 4.98 Å². The van der Waals surface area contributed by atoms with Gasteiger partial charge in [0, 0.05) is 11.3 Å². The summed E-state index contributed by atoms with van der Waals surface area (Å²) in [5.41, 5.74) is 1.98. The monoisotopic (exact) mass is 391 g/mol. The molecule has 0 spiro atoms. The molecule has 148 valence electrons. The molecule has 0 aliphatic carbocycles. The van der Waals surface area contributed by atoms with Gasteiger partial charge in [0.15, 0.2) is 11.5 Å². The summed E-state index contributed by atoms with van der Waals surface area (Å²) >= 11 is 0. The van der Waals surface area contributed by atoms with Crippen LogP contribution in [0.3, 0.4) is 0 Å². The summed E-state index contributed by atoms with van der Waals surface area (Å²) in [5, 5.41) is 6.04. The van der Waals surface area contributed by atoms with Gasteiger partial charge in [-0.3, -0.25) is 4.79 Å². The Bertz CT molecular complexity index is 1000. The zero-order valence-electron chi connectivity index (χ0n) is 16.1. The molecule has 4 rings (SSSR count). The van der Waals surface area contributed by atoms with Crippen LogP contribution in [0.4, 0.5) is 17.2 Å². The maximum Gasteiger partial charge on any atom is 0.255 e. The van der Waals surface area contributed by atoms with Crippen LogP contribution in [-0.4, -0.2) is 23.8 Å². The Morgan fingerprint density at radius 2 is 1.76 bits per heavy atom. The van der Waals surface area contributed by atoms with Crippen LogP contribution in [0.15, 0.2) is 60.8 Å². The van der Waals surface area contributed by atoms with E-state index < -0.39 is 0 Å². The number of pyridine rings is 1. The van der Waals surface area contributed by atoms with Gasteiger partial charge in [-0.2, -0.15) is 0 Å². The van der Waals surface area contributed by atoms with Gasteiger partial charge in [0.1, 0.15) is 11.6 Å². The van der Waals surface area contributed by atoms with E-state index in [1.165, 1.54) is 0 Å². The average Bonchev–Trinajstić information content (AvgIpc) is 3.18. The summed E-state index contributed by atoms with van der Waals surface area (Å²) in [6, 6.07) is 16.3. The normalized spacial score (nSPS) is 12.0. The van der Waals surface area contributed by atoms with Crippen LogP contribution < -0.4 is 24.8 Å². The highest BCUT2D eigenvalue weighted by Crippen LogP contribution is 2.32. The van der Waals surface area contributed by atoms with Gasteiger partial charge in [0.2, 0.25) is 6.79 Å². The summed E-state index contributed by atoms with van der Waals surface area (Å²) < 4.78 is 16.2. The number of benzene rings is 2. The van der Waals surface area contributed by atoms with Crippen molar-refractivity contribution < 1.29 is 19.0 Å². The molecule has 1 amide bonds. The molecule has 2 aromatic carbocycles. The number of rotatable bonds is 6. The Kier molecular flexibility index (Phi) is 5.20. The fourth-order valence-electron chi connectivity index (χ4n) is 2.82. The molecular formula is C22H21N3O4. The van der Waals surface area contributed by atoms with E-state index in [1.807, 2.05) is 38.1 Å². The fourth-order valence-corrected chi connectivity index (χ4v) is 2.82. The number of hydrogen-bond acceptors (Lipinski definition) is 6. The topological polar surface area (TPSA) is 81.7 Å². The molecular weight excluding hydrogens is 370 g/mol. The molecule has 0 unspecified atom stereocenters. The molecule has 7 heteroatoms. The fraction of sp³-hybridized carbons (Fsp3) is 0.182. The summed E-state index contributed by atoms with van der Waals surface area (Å²) in [6.45, 7) is 4.15. The highest BCUT2D eigenvalue weighted by atomic mass is 16.7. The number of fused-ring (bicyclic) bond motifs is 1. The number of nitrogens with zero attached hydrogens (tertiary/aromatic N) is 1. The molecule has 2 heterocycles. The summed E-state index contributed by atoms with van der Waals surface area (Å²) in [7, 11) is 0. The zero-order valence-corrected chi connectivity index (χ0v) is 16.1. The maximum atomic E-state index is 12.4. The predicted octanol–water partition coefficient (Wildman–Crippen LogP) is 4.59. The average molecular weight is 391 g/mol. The third-order valence-electron chi connectivity index (χ3n) is 4.15. The number of nitrogens with one attached hydrogen (secondary N) is 2. The van der Waals surface area contributed by atoms with Gasteiger partial charge >= 0.3 is 0 Å². The summed E-state index contributed by atoms with van der Waals surface area (Å²) in [5.74, 6) is 2.46. The van der Waals surface area contributed by atoms with Crippen molar-refractivity contribution in [2.45, 2.75) is 20.0 Å². The quantitative estimate of drug-likeness (QED) is 0.639. The van der Waals surface area contributed by atoms with Crippen molar-refractivity contribution >= 4 is 23.1 Å². The number of hydrogen-bond donors (Lipinski definition) is 2. The van der Waals surface area contributed by atoms with Crippen LogP contribution in [0.5, 0.6) is 17.2 Å². The maximum absolute atomic E-state index is 12.4. The minimum absolute atomic E-state index is 0.135. The molecule has 7 nitrogen and oxygen atoms in total. The van der Waals surface area contributed by atoms with Crippen LogP contribution in [0.2, 0.25) is 0 Å². The number of anilines is 3. The molecule has 0 saturated heterocycles. The van der Waals surface area contributed by atoms with E-state index in [2.05, 4.69) is 15.6 Å². The predicted molar refractivity (Wildman–Crippen MR) is 110 cm³/mol. The molecule has 0 bridgehead atoms. The molecule has 3 aromatic rings. The van der Waals surface area contributed by atoms with Crippen molar-refractivity contribution in [2.75, 3.05) is 17.4 Å². The number of amides is 1. The number of carbonyl (C=O) groups excluding carboxylic acids is 1. The van der Waals surface area contributed by atoms with Gasteiger partial charge < -0.3 is 24.8 Å². The smallest absolute Gasteiger partial charge is 0.255 e. The third kappa shape index (κ3) is 4.57. The summed E-state index contributed by atoms with van der Waals surface area (Å²) in [4.78, 5) is 16.8. The minimum atomic E-state index is -0.244. The summed E-state index contributed by atoms with van der Waals surface area (Å²) in [6.07, 6.45) is 1.74. The lowest BCUT2D eigenvalue weighted by molar-refractivity contribution is 0.102. The van der Waals surface area contributed by atoms with Crippen molar-refractivity contribution in [3.63, 3.8) is 0 Å². The highest BCUT2D eigenvalue weighted by Gasteiger charge is 2.16. The van der Waals surface area contributed by atoms with Gasteiger partial charge in [-0.05, 0) is 68.4 Å². The molecule has 29 heavy (non-hydrogen) atoms. The van der Waals surface area contributed by atoms with E-state index in [4.69, 9.17) is 14.2 Å². The second kappa shape index (κ2) is 8.10. The highest BCUT2D eigenvalue weighted by molar-refractivity contribution is 6.04. The Balaban J connectivity index is 1.37. The van der Waals surface area contributed by atoms with E-state index in [9.17, 15) is 4.79 Å². The SMILES string of the molecule is CC(C)Oc1ccc(Nc2ccc(NC(=O)c3ccc4c(c3)OCO4)cn2)cc1. The van der Waals surface area contributed by atoms with E-state index in [0.29, 0.717) is 28.6 Å². The molecule has 0 saturated carbocycles. The van der Waals surface area contributed by atoms with Gasteiger partial charge in [0.05, 0.1) is 18.0 Å². The molecule has 0 radical (unpaired) electrons. The molecule has 0 atom stereocenters. The lowest BCUT2D eigenvalue weighted by Gasteiger charge is -2.11. The lowest BCUT2D eigenvalue weighted by atomic mass is 10.2. The minimum Gasteiger partial charge on any atom is -0.491 e. The van der Waals surface area contributed by atoms with E-state index in [-0.39, 0.29) is 18.8 Å².